The molecule has 3 N–H and O–H groups in total. The van der Waals surface area contributed by atoms with E-state index in [-0.39, 0.29) is 18.1 Å². The van der Waals surface area contributed by atoms with Crippen LogP contribution < -0.4 is 5.32 Å². The molecule has 1 unspecified atom stereocenters. The van der Waals surface area contributed by atoms with Crippen LogP contribution in [0.4, 0.5) is 4.79 Å². The van der Waals surface area contributed by atoms with Crippen molar-refractivity contribution < 1.29 is 29.3 Å². The summed E-state index contributed by atoms with van der Waals surface area (Å²) in [6, 6.07) is 14.5. The number of aliphatic carboxylic acids is 1. The number of carbonyl (C=O) groups excluding carboxylic acids is 2. The Morgan fingerprint density at radius 3 is 2.48 bits per heavy atom. The minimum atomic E-state index is -1.14. The normalized spacial score (nSPS) is 18.3. The van der Waals surface area contributed by atoms with E-state index in [2.05, 4.69) is 5.32 Å². The number of carboxylic acid groups (broad SMARTS) is 1. The number of thioether (sulfide) groups is 1. The lowest BCUT2D eigenvalue weighted by molar-refractivity contribution is -0.148. The van der Waals surface area contributed by atoms with Crippen LogP contribution in [0.25, 0.3) is 0 Å². The summed E-state index contributed by atoms with van der Waals surface area (Å²) in [4.78, 5) is 37.4. The van der Waals surface area contributed by atoms with Crippen LogP contribution in [0.2, 0.25) is 0 Å². The van der Waals surface area contributed by atoms with E-state index >= 15 is 0 Å². The van der Waals surface area contributed by atoms with Crippen molar-refractivity contribution in [3.05, 3.63) is 65.7 Å². The summed E-state index contributed by atoms with van der Waals surface area (Å²) >= 11 is 1.24. The maximum Gasteiger partial charge on any atom is 0.407 e. The lowest BCUT2D eigenvalue weighted by Crippen LogP contribution is -2.47. The number of phenolic OH excluding ortho intramolecular Hbond substituents is 1. The molecule has 2 amide bonds. The number of rotatable bonds is 6. The Morgan fingerprint density at radius 1 is 1.10 bits per heavy atom. The average molecular weight is 416 g/mol. The second kappa shape index (κ2) is 9.33. The Kier molecular flexibility index (Phi) is 6.61. The van der Waals surface area contributed by atoms with Gasteiger partial charge in [-0.25, -0.2) is 9.59 Å². The summed E-state index contributed by atoms with van der Waals surface area (Å²) in [6.07, 6.45) is -0.778. The van der Waals surface area contributed by atoms with Crippen LogP contribution in [0.1, 0.15) is 16.5 Å². The van der Waals surface area contributed by atoms with Crippen LogP contribution in [0.5, 0.6) is 5.75 Å². The van der Waals surface area contributed by atoms with E-state index in [0.717, 1.165) is 5.56 Å². The molecule has 1 aliphatic heterocycles. The molecule has 0 aromatic heterocycles. The van der Waals surface area contributed by atoms with Crippen LogP contribution in [0.15, 0.2) is 54.6 Å². The van der Waals surface area contributed by atoms with Gasteiger partial charge in [-0.05, 0) is 11.6 Å². The first-order valence-electron chi connectivity index (χ1n) is 8.85. The highest BCUT2D eigenvalue weighted by molar-refractivity contribution is 7.99. The van der Waals surface area contributed by atoms with Gasteiger partial charge in [0.15, 0.2) is 0 Å². The molecule has 0 radical (unpaired) electrons. The van der Waals surface area contributed by atoms with Gasteiger partial charge < -0.3 is 25.2 Å². The number of para-hydroxylation sites is 1. The Balaban J connectivity index is 1.63. The van der Waals surface area contributed by atoms with Gasteiger partial charge in [0.2, 0.25) is 5.91 Å². The predicted octanol–water partition coefficient (Wildman–Crippen LogP) is 2.35. The summed E-state index contributed by atoms with van der Waals surface area (Å²) in [7, 11) is 0. The van der Waals surface area contributed by atoms with Gasteiger partial charge >= 0.3 is 12.1 Å². The zero-order valence-corrected chi connectivity index (χ0v) is 16.2. The van der Waals surface area contributed by atoms with Crippen molar-refractivity contribution in [2.45, 2.75) is 18.0 Å². The number of ether oxygens (including phenoxy) is 1. The van der Waals surface area contributed by atoms with E-state index in [1.807, 2.05) is 18.2 Å². The molecule has 0 bridgehead atoms. The fourth-order valence-corrected chi connectivity index (χ4v) is 4.42. The smallest absolute Gasteiger partial charge is 0.407 e. The van der Waals surface area contributed by atoms with Crippen molar-refractivity contribution >= 4 is 29.7 Å². The SMILES string of the molecule is O=C(NCC(=O)N1C(c2ccccc2O)SC[C@H]1C(=O)O)OCc1ccccc1. The van der Waals surface area contributed by atoms with E-state index < -0.39 is 35.9 Å². The second-order valence-electron chi connectivity index (χ2n) is 6.31. The van der Waals surface area contributed by atoms with Gasteiger partial charge in [0.1, 0.15) is 30.3 Å². The molecule has 152 valence electrons. The molecule has 29 heavy (non-hydrogen) atoms. The van der Waals surface area contributed by atoms with Gasteiger partial charge in [0.25, 0.3) is 0 Å². The highest BCUT2D eigenvalue weighted by atomic mass is 32.2. The molecule has 2 aromatic rings. The first-order chi connectivity index (χ1) is 14.0. The Hall–Kier alpha value is -3.20. The Labute approximate surface area is 171 Å². The van der Waals surface area contributed by atoms with Crippen molar-refractivity contribution in [3.8, 4) is 5.75 Å². The van der Waals surface area contributed by atoms with Gasteiger partial charge in [-0.15, -0.1) is 11.8 Å². The third-order valence-corrected chi connectivity index (χ3v) is 5.68. The number of carbonyl (C=O) groups is 3. The minimum Gasteiger partial charge on any atom is -0.508 e. The predicted molar refractivity (Wildman–Crippen MR) is 106 cm³/mol. The molecular weight excluding hydrogens is 396 g/mol. The van der Waals surface area contributed by atoms with Gasteiger partial charge in [-0.3, -0.25) is 4.79 Å². The molecule has 0 saturated carbocycles. The number of nitrogens with one attached hydrogen (secondary N) is 1. The van der Waals surface area contributed by atoms with Crippen LogP contribution in [0, 0.1) is 0 Å². The lowest BCUT2D eigenvalue weighted by atomic mass is 10.1. The Morgan fingerprint density at radius 2 is 1.79 bits per heavy atom. The molecule has 2 aromatic carbocycles. The van der Waals surface area contributed by atoms with Crippen LogP contribution >= 0.6 is 11.8 Å². The number of aromatic hydroxyl groups is 1. The first-order valence-corrected chi connectivity index (χ1v) is 9.90. The van der Waals surface area contributed by atoms with Crippen LogP contribution in [-0.4, -0.2) is 51.4 Å². The van der Waals surface area contributed by atoms with Gasteiger partial charge in [-0.1, -0.05) is 48.5 Å². The number of benzene rings is 2. The zero-order chi connectivity index (χ0) is 20.8. The minimum absolute atomic E-state index is 0.0240. The molecule has 1 saturated heterocycles. The van der Waals surface area contributed by atoms with Gasteiger partial charge in [0.05, 0.1) is 0 Å². The molecule has 8 nitrogen and oxygen atoms in total. The number of alkyl carbamates (subject to hydrolysis) is 1. The zero-order valence-electron chi connectivity index (χ0n) is 15.4. The number of hydrogen-bond donors (Lipinski definition) is 3. The van der Waals surface area contributed by atoms with E-state index in [0.29, 0.717) is 5.56 Å². The van der Waals surface area contributed by atoms with E-state index in [1.165, 1.54) is 22.7 Å². The number of nitrogens with zero attached hydrogens (tertiary/aromatic N) is 1. The highest BCUT2D eigenvalue weighted by Gasteiger charge is 2.43. The van der Waals surface area contributed by atoms with Gasteiger partial charge in [0, 0.05) is 11.3 Å². The summed E-state index contributed by atoms with van der Waals surface area (Å²) < 4.78 is 5.06. The lowest BCUT2D eigenvalue weighted by Gasteiger charge is -2.28. The van der Waals surface area contributed by atoms with Crippen molar-refractivity contribution in [1.29, 1.82) is 0 Å². The van der Waals surface area contributed by atoms with Crippen molar-refractivity contribution in [3.63, 3.8) is 0 Å². The van der Waals surface area contributed by atoms with Crippen LogP contribution in [-0.2, 0) is 20.9 Å². The van der Waals surface area contributed by atoms with Crippen molar-refractivity contribution in [1.82, 2.24) is 10.2 Å². The number of hydrogen-bond acceptors (Lipinski definition) is 6. The van der Waals surface area contributed by atoms with E-state index in [9.17, 15) is 24.6 Å². The molecule has 1 aliphatic rings. The van der Waals surface area contributed by atoms with E-state index in [4.69, 9.17) is 4.74 Å². The number of amides is 2. The maximum absolute atomic E-state index is 12.7. The van der Waals surface area contributed by atoms with E-state index in [1.54, 1.807) is 30.3 Å². The van der Waals surface area contributed by atoms with Gasteiger partial charge in [-0.2, -0.15) is 0 Å². The quantitative estimate of drug-likeness (QED) is 0.662. The largest absolute Gasteiger partial charge is 0.508 e. The molecular formula is C20H20N2O6S. The molecule has 3 rings (SSSR count). The summed E-state index contributed by atoms with van der Waals surface area (Å²) in [5, 5.41) is 21.3. The molecule has 1 heterocycles. The molecule has 0 spiro atoms. The number of carboxylic acids is 1. The molecule has 1 fully saturated rings. The fraction of sp³-hybridized carbons (Fsp3) is 0.250. The first kappa shape index (κ1) is 20.5. The topological polar surface area (TPSA) is 116 Å². The summed E-state index contributed by atoms with van der Waals surface area (Å²) in [6.45, 7) is -0.360. The summed E-state index contributed by atoms with van der Waals surface area (Å²) in [5.41, 5.74) is 1.25. The maximum atomic E-state index is 12.7. The van der Waals surface area contributed by atoms with Crippen LogP contribution in [0.3, 0.4) is 0 Å². The monoisotopic (exact) mass is 416 g/mol. The second-order valence-corrected chi connectivity index (χ2v) is 7.43. The summed E-state index contributed by atoms with van der Waals surface area (Å²) in [5.74, 6) is -1.56. The number of phenols is 1. The average Bonchev–Trinajstić information content (AvgIpc) is 3.17. The molecule has 2 atom stereocenters. The fourth-order valence-electron chi connectivity index (χ4n) is 2.95. The standard InChI is InChI=1S/C20H20N2O6S/c23-16-9-5-4-8-14(16)18-22(15(12-29-18)19(25)26)17(24)10-21-20(27)28-11-13-6-2-1-3-7-13/h1-9,15,18,23H,10-12H2,(H,21,27)(H,25,26)/t15-,18?/m0/s1. The molecule has 0 aliphatic carbocycles. The van der Waals surface area contributed by atoms with Crippen molar-refractivity contribution in [2.75, 3.05) is 12.3 Å². The third kappa shape index (κ3) is 5.00. The molecule has 9 heteroatoms. The third-order valence-electron chi connectivity index (χ3n) is 4.37. The highest BCUT2D eigenvalue weighted by Crippen LogP contribution is 2.44. The Bertz CT molecular complexity index is 892. The van der Waals surface area contributed by atoms with Crippen molar-refractivity contribution in [2.24, 2.45) is 0 Å².